The van der Waals surface area contributed by atoms with E-state index in [2.05, 4.69) is 5.32 Å². The van der Waals surface area contributed by atoms with E-state index in [9.17, 15) is 19.7 Å². The molecule has 1 aliphatic heterocycles. The number of carbonyl (C=O) groups excluding carboxylic acids is 2. The summed E-state index contributed by atoms with van der Waals surface area (Å²) in [6.07, 6.45) is 0.966. The highest BCUT2D eigenvalue weighted by Gasteiger charge is 2.75. The van der Waals surface area contributed by atoms with Gasteiger partial charge in [-0.15, -0.1) is 0 Å². The lowest BCUT2D eigenvalue weighted by Crippen LogP contribution is -2.50. The number of nitro benzene ring substituents is 1. The quantitative estimate of drug-likeness (QED) is 0.514. The molecule has 1 heterocycles. The summed E-state index contributed by atoms with van der Waals surface area (Å²) in [4.78, 5) is 36.3. The molecule has 3 rings (SSSR count). The van der Waals surface area contributed by atoms with Crippen LogP contribution in [0.25, 0.3) is 0 Å². The van der Waals surface area contributed by atoms with Crippen LogP contribution in [0, 0.1) is 34.8 Å². The van der Waals surface area contributed by atoms with Crippen LogP contribution in [0.1, 0.15) is 44.7 Å². The molecule has 2 aliphatic rings. The Hall–Kier alpha value is -2.44. The third kappa shape index (κ3) is 2.04. The lowest BCUT2D eigenvalue weighted by molar-refractivity contribution is -0.384. The monoisotopic (exact) mass is 346 g/mol. The number of fused-ring (bicyclic) bond motifs is 2. The number of nitrogens with one attached hydrogen (secondary N) is 1. The van der Waals surface area contributed by atoms with E-state index in [1.54, 1.807) is 19.9 Å². The number of carbonyl (C=O) groups is 2. The fraction of sp³-hybridized carbons (Fsp3) is 0.556. The van der Waals surface area contributed by atoms with Gasteiger partial charge in [0, 0.05) is 11.5 Å². The van der Waals surface area contributed by atoms with E-state index in [0.717, 1.165) is 5.56 Å². The van der Waals surface area contributed by atoms with Gasteiger partial charge in [-0.1, -0.05) is 19.9 Å². The molecule has 2 bridgehead atoms. The van der Waals surface area contributed by atoms with Crippen molar-refractivity contribution in [2.75, 3.05) is 5.32 Å². The van der Waals surface area contributed by atoms with E-state index < -0.39 is 27.3 Å². The van der Waals surface area contributed by atoms with Crippen molar-refractivity contribution in [1.82, 2.24) is 0 Å². The van der Waals surface area contributed by atoms with Crippen molar-refractivity contribution in [3.63, 3.8) is 0 Å². The van der Waals surface area contributed by atoms with Crippen molar-refractivity contribution < 1.29 is 19.2 Å². The Morgan fingerprint density at radius 1 is 1.24 bits per heavy atom. The van der Waals surface area contributed by atoms with E-state index in [0.29, 0.717) is 18.4 Å². The van der Waals surface area contributed by atoms with Crippen molar-refractivity contribution in [3.8, 4) is 0 Å². The molecule has 7 heteroatoms. The molecule has 7 nitrogen and oxygen atoms in total. The average molecular weight is 346 g/mol. The Bertz CT molecular complexity index is 816. The predicted octanol–water partition coefficient (Wildman–Crippen LogP) is 3.27. The molecular formula is C18H22N2O5. The zero-order valence-electron chi connectivity index (χ0n) is 15.1. The maximum absolute atomic E-state index is 13.1. The SMILES string of the molecule is Cc1cc(C)c(NC(=O)C23CCC(C)(C(=O)O2)C3(C)C)c([N+](=O)[O-])c1. The Labute approximate surface area is 145 Å². The van der Waals surface area contributed by atoms with Gasteiger partial charge in [0.05, 0.1) is 10.3 Å². The smallest absolute Gasteiger partial charge is 0.313 e. The predicted molar refractivity (Wildman–Crippen MR) is 91.1 cm³/mol. The molecule has 1 aliphatic carbocycles. The van der Waals surface area contributed by atoms with Gasteiger partial charge in [-0.2, -0.15) is 0 Å². The van der Waals surface area contributed by atoms with E-state index >= 15 is 0 Å². The highest BCUT2D eigenvalue weighted by molar-refractivity contribution is 6.04. The fourth-order valence-electron chi connectivity index (χ4n) is 4.21. The number of rotatable bonds is 3. The second kappa shape index (κ2) is 5.03. The van der Waals surface area contributed by atoms with E-state index in [4.69, 9.17) is 4.74 Å². The summed E-state index contributed by atoms with van der Waals surface area (Å²) >= 11 is 0. The third-order valence-corrected chi connectivity index (χ3v) is 6.34. The Balaban J connectivity index is 2.03. The Morgan fingerprint density at radius 2 is 1.88 bits per heavy atom. The molecule has 2 atom stereocenters. The molecule has 1 N–H and O–H groups in total. The van der Waals surface area contributed by atoms with Crippen LogP contribution >= 0.6 is 0 Å². The second-order valence-electron chi connectivity index (χ2n) is 7.86. The number of amides is 1. The first kappa shape index (κ1) is 17.4. The third-order valence-electron chi connectivity index (χ3n) is 6.34. The highest BCUT2D eigenvalue weighted by atomic mass is 16.6. The van der Waals surface area contributed by atoms with Crippen LogP contribution in [0.5, 0.6) is 0 Å². The number of hydrogen-bond donors (Lipinski definition) is 1. The number of benzene rings is 1. The summed E-state index contributed by atoms with van der Waals surface area (Å²) in [5.41, 5.74) is -1.40. The Kier molecular flexibility index (Phi) is 3.50. The normalized spacial score (nSPS) is 29.4. The van der Waals surface area contributed by atoms with Gasteiger partial charge >= 0.3 is 5.97 Å². The number of aryl methyl sites for hydroxylation is 2. The van der Waals surface area contributed by atoms with Crippen molar-refractivity contribution in [2.24, 2.45) is 10.8 Å². The van der Waals surface area contributed by atoms with Gasteiger partial charge in [-0.05, 0) is 44.7 Å². The van der Waals surface area contributed by atoms with Crippen LogP contribution in [0.2, 0.25) is 0 Å². The van der Waals surface area contributed by atoms with Crippen LogP contribution in [0.3, 0.4) is 0 Å². The first-order chi connectivity index (χ1) is 11.5. The summed E-state index contributed by atoms with van der Waals surface area (Å²) in [6, 6.07) is 3.19. The molecule has 1 amide bonds. The molecule has 25 heavy (non-hydrogen) atoms. The van der Waals surface area contributed by atoms with Gasteiger partial charge in [-0.25, -0.2) is 0 Å². The second-order valence-corrected chi connectivity index (χ2v) is 7.86. The minimum atomic E-state index is -1.30. The topological polar surface area (TPSA) is 98.5 Å². The first-order valence-corrected chi connectivity index (χ1v) is 8.27. The van der Waals surface area contributed by atoms with Crippen molar-refractivity contribution in [1.29, 1.82) is 0 Å². The van der Waals surface area contributed by atoms with Crippen LogP contribution < -0.4 is 5.32 Å². The number of hydrogen-bond acceptors (Lipinski definition) is 5. The van der Waals surface area contributed by atoms with E-state index in [1.807, 2.05) is 20.8 Å². The molecule has 1 aromatic rings. The summed E-state index contributed by atoms with van der Waals surface area (Å²) in [7, 11) is 0. The summed E-state index contributed by atoms with van der Waals surface area (Å²) in [5.74, 6) is -0.879. The zero-order valence-corrected chi connectivity index (χ0v) is 15.1. The van der Waals surface area contributed by atoms with Gasteiger partial charge in [0.25, 0.3) is 11.6 Å². The molecule has 0 radical (unpaired) electrons. The van der Waals surface area contributed by atoms with Gasteiger partial charge in [-0.3, -0.25) is 19.7 Å². The van der Waals surface area contributed by atoms with E-state index in [-0.39, 0.29) is 17.3 Å². The number of ether oxygens (including phenoxy) is 1. The average Bonchev–Trinajstić information content (AvgIpc) is 2.79. The lowest BCUT2D eigenvalue weighted by atomic mass is 9.66. The van der Waals surface area contributed by atoms with Gasteiger partial charge in [0.1, 0.15) is 5.69 Å². The van der Waals surface area contributed by atoms with Crippen molar-refractivity contribution >= 4 is 23.3 Å². The van der Waals surface area contributed by atoms with Gasteiger partial charge < -0.3 is 10.1 Å². The highest BCUT2D eigenvalue weighted by Crippen LogP contribution is 2.65. The van der Waals surface area contributed by atoms with Crippen LogP contribution in [-0.4, -0.2) is 22.4 Å². The molecule has 2 fully saturated rings. The standard InChI is InChI=1S/C18H22N2O5/c1-10-8-11(2)13(12(9-10)20(23)24)19-14(21)18-7-6-17(5,15(22)25-18)16(18,3)4/h8-9H,6-7H2,1-5H3,(H,19,21). The largest absolute Gasteiger partial charge is 0.448 e. The van der Waals surface area contributed by atoms with Crippen LogP contribution in [0.4, 0.5) is 11.4 Å². The fourth-order valence-corrected chi connectivity index (χ4v) is 4.21. The maximum atomic E-state index is 13.1. The molecule has 1 aromatic carbocycles. The first-order valence-electron chi connectivity index (χ1n) is 8.27. The zero-order chi connectivity index (χ0) is 18.8. The molecule has 0 aromatic heterocycles. The minimum Gasteiger partial charge on any atom is -0.448 e. The maximum Gasteiger partial charge on any atom is 0.313 e. The molecule has 0 spiro atoms. The summed E-state index contributed by atoms with van der Waals surface area (Å²) < 4.78 is 5.54. The molecule has 2 unspecified atom stereocenters. The van der Waals surface area contributed by atoms with Crippen molar-refractivity contribution in [2.45, 2.75) is 53.1 Å². The number of esters is 1. The molecule has 1 saturated carbocycles. The van der Waals surface area contributed by atoms with Gasteiger partial charge in [0.15, 0.2) is 5.60 Å². The Morgan fingerprint density at radius 3 is 2.36 bits per heavy atom. The summed E-state index contributed by atoms with van der Waals surface area (Å²) in [6.45, 7) is 8.98. The number of anilines is 1. The molecule has 134 valence electrons. The lowest BCUT2D eigenvalue weighted by Gasteiger charge is -2.35. The van der Waals surface area contributed by atoms with Gasteiger partial charge in [0.2, 0.25) is 0 Å². The number of nitrogens with zero attached hydrogens (tertiary/aromatic N) is 1. The summed E-state index contributed by atoms with van der Waals surface area (Å²) in [5, 5.41) is 14.1. The molecule has 1 saturated heterocycles. The molecular weight excluding hydrogens is 324 g/mol. The number of nitro groups is 1. The minimum absolute atomic E-state index is 0.155. The van der Waals surface area contributed by atoms with Crippen LogP contribution in [-0.2, 0) is 14.3 Å². The van der Waals surface area contributed by atoms with E-state index in [1.165, 1.54) is 6.07 Å². The van der Waals surface area contributed by atoms with Crippen molar-refractivity contribution in [3.05, 3.63) is 33.4 Å². The van der Waals surface area contributed by atoms with Crippen LogP contribution in [0.15, 0.2) is 12.1 Å².